The van der Waals surface area contributed by atoms with Crippen molar-refractivity contribution in [3.05, 3.63) is 60.4 Å². The molecule has 0 bridgehead atoms. The van der Waals surface area contributed by atoms with Crippen molar-refractivity contribution in [1.29, 1.82) is 0 Å². The van der Waals surface area contributed by atoms with E-state index in [0.717, 1.165) is 52.5 Å². The fourth-order valence-electron chi connectivity index (χ4n) is 3.72. The molecule has 1 saturated heterocycles. The number of carbonyl (C=O) groups excluding carboxylic acids is 1. The van der Waals surface area contributed by atoms with E-state index in [9.17, 15) is 4.79 Å². The standard InChI is InChI=1S/C23H23N5OS3/c29-21(27-13-7-2-8-14-27)16-30-22-26-25-20(28(22)17-9-3-1-4-10-17)15-31-23-24-18-11-5-6-12-19(18)32-23/h1,3-6,9-12H,2,7-8,13-16H2. The Morgan fingerprint density at radius 2 is 1.72 bits per heavy atom. The highest BCUT2D eigenvalue weighted by Gasteiger charge is 2.20. The Morgan fingerprint density at radius 1 is 0.938 bits per heavy atom. The summed E-state index contributed by atoms with van der Waals surface area (Å²) in [6, 6.07) is 18.3. The fourth-order valence-corrected chi connectivity index (χ4v) is 6.58. The molecule has 2 aromatic carbocycles. The second-order valence-electron chi connectivity index (χ2n) is 7.54. The molecular formula is C23H23N5OS3. The molecule has 0 unspecified atom stereocenters. The van der Waals surface area contributed by atoms with Crippen LogP contribution in [-0.4, -0.2) is 49.4 Å². The van der Waals surface area contributed by atoms with E-state index in [1.165, 1.54) is 22.9 Å². The van der Waals surface area contributed by atoms with Crippen LogP contribution in [0.2, 0.25) is 0 Å². The van der Waals surface area contributed by atoms with Gasteiger partial charge in [-0.1, -0.05) is 53.9 Å². The number of hydrogen-bond donors (Lipinski definition) is 0. The zero-order chi connectivity index (χ0) is 21.8. The molecule has 4 aromatic rings. The molecule has 0 spiro atoms. The number of benzene rings is 2. The summed E-state index contributed by atoms with van der Waals surface area (Å²) in [6.07, 6.45) is 3.42. The van der Waals surface area contributed by atoms with Crippen LogP contribution in [0.15, 0.2) is 64.1 Å². The largest absolute Gasteiger partial charge is 0.342 e. The minimum atomic E-state index is 0.183. The lowest BCUT2D eigenvalue weighted by Gasteiger charge is -2.26. The van der Waals surface area contributed by atoms with E-state index in [0.29, 0.717) is 11.5 Å². The number of thioether (sulfide) groups is 2. The molecule has 0 saturated carbocycles. The van der Waals surface area contributed by atoms with Gasteiger partial charge in [-0.3, -0.25) is 9.36 Å². The van der Waals surface area contributed by atoms with Gasteiger partial charge >= 0.3 is 0 Å². The number of piperidine rings is 1. The maximum absolute atomic E-state index is 12.7. The topological polar surface area (TPSA) is 63.9 Å². The van der Waals surface area contributed by atoms with Gasteiger partial charge in [0, 0.05) is 18.8 Å². The minimum absolute atomic E-state index is 0.183. The van der Waals surface area contributed by atoms with Crippen LogP contribution in [0, 0.1) is 0 Å². The zero-order valence-corrected chi connectivity index (χ0v) is 20.0. The average Bonchev–Trinajstić information content (AvgIpc) is 3.45. The molecular weight excluding hydrogens is 458 g/mol. The molecule has 0 N–H and O–H groups in total. The van der Waals surface area contributed by atoms with Crippen molar-refractivity contribution in [3.8, 4) is 5.69 Å². The van der Waals surface area contributed by atoms with Gasteiger partial charge in [-0.25, -0.2) is 4.98 Å². The SMILES string of the molecule is O=C(CSc1nnc(CSc2nc3ccccc3s2)n1-c1ccccc1)N1CCCCC1. The van der Waals surface area contributed by atoms with Gasteiger partial charge in [0.05, 0.1) is 21.7 Å². The van der Waals surface area contributed by atoms with E-state index in [2.05, 4.69) is 20.8 Å². The van der Waals surface area contributed by atoms with Crippen LogP contribution in [-0.2, 0) is 10.5 Å². The van der Waals surface area contributed by atoms with Gasteiger partial charge in [-0.2, -0.15) is 0 Å². The van der Waals surface area contributed by atoms with Gasteiger partial charge in [-0.15, -0.1) is 21.5 Å². The Labute approximate surface area is 199 Å². The van der Waals surface area contributed by atoms with Crippen molar-refractivity contribution in [3.63, 3.8) is 0 Å². The van der Waals surface area contributed by atoms with E-state index in [-0.39, 0.29) is 5.91 Å². The van der Waals surface area contributed by atoms with Crippen molar-refractivity contribution < 1.29 is 4.79 Å². The monoisotopic (exact) mass is 481 g/mol. The lowest BCUT2D eigenvalue weighted by atomic mass is 10.1. The van der Waals surface area contributed by atoms with Crippen molar-refractivity contribution in [2.45, 2.75) is 34.5 Å². The summed E-state index contributed by atoms with van der Waals surface area (Å²) in [4.78, 5) is 19.4. The first-order chi connectivity index (χ1) is 15.8. The predicted octanol–water partition coefficient (Wildman–Crippen LogP) is 5.27. The van der Waals surface area contributed by atoms with Crippen LogP contribution < -0.4 is 0 Å². The minimum Gasteiger partial charge on any atom is -0.342 e. The van der Waals surface area contributed by atoms with Gasteiger partial charge in [-0.05, 0) is 43.5 Å². The highest BCUT2D eigenvalue weighted by molar-refractivity contribution is 8.00. The molecule has 1 aliphatic heterocycles. The lowest BCUT2D eigenvalue weighted by molar-refractivity contribution is -0.129. The summed E-state index contributed by atoms with van der Waals surface area (Å²) in [5.74, 6) is 2.08. The number of nitrogens with zero attached hydrogens (tertiary/aromatic N) is 5. The summed E-state index contributed by atoms with van der Waals surface area (Å²) < 4.78 is 4.27. The highest BCUT2D eigenvalue weighted by Crippen LogP contribution is 2.32. The fraction of sp³-hybridized carbons (Fsp3) is 0.304. The number of thiazole rings is 1. The molecule has 0 aliphatic carbocycles. The quantitative estimate of drug-likeness (QED) is 0.335. The van der Waals surface area contributed by atoms with Crippen molar-refractivity contribution in [1.82, 2.24) is 24.6 Å². The van der Waals surface area contributed by atoms with Gasteiger partial charge in [0.15, 0.2) is 9.50 Å². The predicted molar refractivity (Wildman–Crippen MR) is 132 cm³/mol. The molecule has 0 radical (unpaired) electrons. The molecule has 1 amide bonds. The molecule has 3 heterocycles. The van der Waals surface area contributed by atoms with Gasteiger partial charge in [0.2, 0.25) is 5.91 Å². The molecule has 164 valence electrons. The van der Waals surface area contributed by atoms with E-state index >= 15 is 0 Å². The molecule has 1 aliphatic rings. The van der Waals surface area contributed by atoms with Crippen molar-refractivity contribution >= 4 is 51.0 Å². The summed E-state index contributed by atoms with van der Waals surface area (Å²) in [7, 11) is 0. The Morgan fingerprint density at radius 3 is 2.53 bits per heavy atom. The van der Waals surface area contributed by atoms with Crippen LogP contribution in [0.25, 0.3) is 15.9 Å². The number of fused-ring (bicyclic) bond motifs is 1. The second-order valence-corrected chi connectivity index (χ2v) is 10.7. The zero-order valence-electron chi connectivity index (χ0n) is 17.5. The number of para-hydroxylation sites is 2. The molecule has 32 heavy (non-hydrogen) atoms. The van der Waals surface area contributed by atoms with Crippen LogP contribution in [0.1, 0.15) is 25.1 Å². The van der Waals surface area contributed by atoms with E-state index in [1.54, 1.807) is 23.1 Å². The number of carbonyl (C=O) groups is 1. The van der Waals surface area contributed by atoms with Crippen LogP contribution >= 0.6 is 34.9 Å². The Bertz CT molecular complexity index is 1170. The Balaban J connectivity index is 1.34. The van der Waals surface area contributed by atoms with Gasteiger partial charge < -0.3 is 4.90 Å². The highest BCUT2D eigenvalue weighted by atomic mass is 32.2. The summed E-state index contributed by atoms with van der Waals surface area (Å²) >= 11 is 4.83. The van der Waals surface area contributed by atoms with Crippen LogP contribution in [0.4, 0.5) is 0 Å². The Hall–Kier alpha value is -2.36. The third-order valence-corrected chi connectivity index (χ3v) is 8.44. The van der Waals surface area contributed by atoms with Crippen molar-refractivity contribution in [2.24, 2.45) is 0 Å². The number of rotatable bonds is 7. The van der Waals surface area contributed by atoms with E-state index in [4.69, 9.17) is 4.98 Å². The van der Waals surface area contributed by atoms with E-state index < -0.39 is 0 Å². The summed E-state index contributed by atoms with van der Waals surface area (Å²) in [5.41, 5.74) is 2.03. The average molecular weight is 482 g/mol. The first-order valence-corrected chi connectivity index (χ1v) is 13.5. The number of likely N-dealkylation sites (tertiary alicyclic amines) is 1. The normalized spacial score (nSPS) is 14.2. The number of aromatic nitrogens is 4. The first-order valence-electron chi connectivity index (χ1n) is 10.7. The summed E-state index contributed by atoms with van der Waals surface area (Å²) in [5, 5.41) is 9.67. The molecule has 5 rings (SSSR count). The molecule has 6 nitrogen and oxygen atoms in total. The van der Waals surface area contributed by atoms with E-state index in [1.807, 2.05) is 53.4 Å². The molecule has 0 atom stereocenters. The molecule has 1 fully saturated rings. The first kappa shape index (κ1) is 21.5. The maximum atomic E-state index is 12.7. The van der Waals surface area contributed by atoms with Crippen LogP contribution in [0.3, 0.4) is 0 Å². The second kappa shape index (κ2) is 10.1. The molecule has 9 heteroatoms. The molecule has 2 aromatic heterocycles. The summed E-state index contributed by atoms with van der Waals surface area (Å²) in [6.45, 7) is 1.74. The lowest BCUT2D eigenvalue weighted by Crippen LogP contribution is -2.36. The smallest absolute Gasteiger partial charge is 0.233 e. The third-order valence-electron chi connectivity index (χ3n) is 5.35. The van der Waals surface area contributed by atoms with Crippen LogP contribution in [0.5, 0.6) is 0 Å². The van der Waals surface area contributed by atoms with Gasteiger partial charge in [0.1, 0.15) is 5.82 Å². The van der Waals surface area contributed by atoms with Gasteiger partial charge in [0.25, 0.3) is 0 Å². The number of amides is 1. The maximum Gasteiger partial charge on any atom is 0.233 e. The Kier molecular flexibility index (Phi) is 6.75. The number of hydrogen-bond acceptors (Lipinski definition) is 7. The third kappa shape index (κ3) is 4.84. The van der Waals surface area contributed by atoms with Crippen molar-refractivity contribution in [2.75, 3.05) is 18.8 Å².